The molecule has 2 heterocycles. The van der Waals surface area contributed by atoms with Crippen molar-refractivity contribution in [3.05, 3.63) is 31.3 Å². The van der Waals surface area contributed by atoms with Crippen molar-refractivity contribution in [2.24, 2.45) is 0 Å². The van der Waals surface area contributed by atoms with E-state index < -0.39 is 17.2 Å². The number of nitrogens with one attached hydrogen (secondary N) is 1. The molecule has 1 N–H and O–H groups in total. The van der Waals surface area contributed by atoms with Gasteiger partial charge in [-0.1, -0.05) is 0 Å². The summed E-state index contributed by atoms with van der Waals surface area (Å²) in [6.07, 6.45) is 3.97. The average molecular weight is 294 g/mol. The van der Waals surface area contributed by atoms with Crippen molar-refractivity contribution in [2.75, 3.05) is 7.11 Å². The van der Waals surface area contributed by atoms with Gasteiger partial charge in [0.15, 0.2) is 0 Å². The van der Waals surface area contributed by atoms with Gasteiger partial charge < -0.3 is 4.74 Å². The van der Waals surface area contributed by atoms with Gasteiger partial charge in [0.2, 0.25) is 0 Å². The molecule has 2 aromatic heterocycles. The molecule has 7 heteroatoms. The van der Waals surface area contributed by atoms with Gasteiger partial charge in [-0.2, -0.15) is 0 Å². The first-order chi connectivity index (χ1) is 9.61. The van der Waals surface area contributed by atoms with E-state index in [4.69, 9.17) is 0 Å². The van der Waals surface area contributed by atoms with Crippen molar-refractivity contribution in [1.29, 1.82) is 0 Å². The van der Waals surface area contributed by atoms with E-state index in [2.05, 4.69) is 9.72 Å². The number of aromatic amines is 1. The third-order valence-electron chi connectivity index (χ3n) is 3.61. The largest absolute Gasteiger partial charge is 0.468 e. The number of thiophene rings is 1. The fraction of sp³-hybridized carbons (Fsp3) is 0.462. The van der Waals surface area contributed by atoms with Crippen LogP contribution in [0.1, 0.15) is 23.3 Å². The molecule has 0 saturated heterocycles. The average Bonchev–Trinajstić information content (AvgIpc) is 2.81. The third-order valence-corrected chi connectivity index (χ3v) is 4.82. The molecule has 6 nitrogen and oxygen atoms in total. The molecule has 2 aromatic rings. The maximum atomic E-state index is 12.5. The molecule has 0 bridgehead atoms. The Bertz CT molecular complexity index is 799. The van der Waals surface area contributed by atoms with E-state index in [0.29, 0.717) is 10.2 Å². The maximum Gasteiger partial charge on any atom is 0.329 e. The molecular weight excluding hydrogens is 280 g/mol. The minimum Gasteiger partial charge on any atom is -0.468 e. The summed E-state index contributed by atoms with van der Waals surface area (Å²) in [7, 11) is 1.23. The zero-order valence-electron chi connectivity index (χ0n) is 11.0. The molecule has 0 amide bonds. The van der Waals surface area contributed by atoms with Crippen LogP contribution < -0.4 is 11.2 Å². The van der Waals surface area contributed by atoms with Crippen molar-refractivity contribution in [3.63, 3.8) is 0 Å². The molecule has 0 spiro atoms. The maximum absolute atomic E-state index is 12.5. The summed E-state index contributed by atoms with van der Waals surface area (Å²) in [5.74, 6) is -0.610. The third kappa shape index (κ3) is 1.98. The highest BCUT2D eigenvalue weighted by Gasteiger charge is 2.21. The topological polar surface area (TPSA) is 81.2 Å². The monoisotopic (exact) mass is 294 g/mol. The van der Waals surface area contributed by atoms with Crippen LogP contribution in [-0.2, 0) is 28.9 Å². The molecule has 0 fully saturated rings. The van der Waals surface area contributed by atoms with E-state index in [1.165, 1.54) is 23.3 Å². The highest BCUT2D eigenvalue weighted by atomic mass is 32.1. The lowest BCUT2D eigenvalue weighted by molar-refractivity contribution is -0.141. The molecule has 1 aliphatic rings. The van der Waals surface area contributed by atoms with Crippen LogP contribution in [0.3, 0.4) is 0 Å². The highest BCUT2D eigenvalue weighted by molar-refractivity contribution is 7.18. The van der Waals surface area contributed by atoms with Gasteiger partial charge in [0.1, 0.15) is 11.4 Å². The summed E-state index contributed by atoms with van der Waals surface area (Å²) in [6.45, 7) is -0.356. The molecule has 0 saturated carbocycles. The molecule has 0 aliphatic heterocycles. The Morgan fingerprint density at radius 3 is 2.85 bits per heavy atom. The number of hydrogen-bond acceptors (Lipinski definition) is 5. The van der Waals surface area contributed by atoms with Crippen LogP contribution in [0.2, 0.25) is 0 Å². The second-order valence-corrected chi connectivity index (χ2v) is 5.92. The molecule has 20 heavy (non-hydrogen) atoms. The Morgan fingerprint density at radius 2 is 2.10 bits per heavy atom. The van der Waals surface area contributed by atoms with E-state index in [1.54, 1.807) is 0 Å². The Morgan fingerprint density at radius 1 is 1.35 bits per heavy atom. The van der Waals surface area contributed by atoms with E-state index >= 15 is 0 Å². The summed E-state index contributed by atoms with van der Waals surface area (Å²) in [5.41, 5.74) is 0.0798. The molecule has 0 atom stereocenters. The standard InChI is InChI=1S/C13H14N2O4S/c1-19-9(16)6-15-12(17)10-7-4-2-3-5-8(7)20-11(10)14-13(15)18/h2-6H2,1H3,(H,14,18). The molecule has 0 unspecified atom stereocenters. The second kappa shape index (κ2) is 4.90. The lowest BCUT2D eigenvalue weighted by Gasteiger charge is -2.10. The van der Waals surface area contributed by atoms with Gasteiger partial charge in [0, 0.05) is 4.88 Å². The second-order valence-electron chi connectivity index (χ2n) is 4.81. The minimum absolute atomic E-state index is 0.356. The number of ether oxygens (including phenoxy) is 1. The fourth-order valence-electron chi connectivity index (χ4n) is 2.61. The normalized spacial score (nSPS) is 14.2. The summed E-state index contributed by atoms with van der Waals surface area (Å²) < 4.78 is 5.43. The number of methoxy groups -OCH3 is 1. The number of carbonyl (C=O) groups is 1. The van der Waals surface area contributed by atoms with Gasteiger partial charge in [-0.25, -0.2) is 9.36 Å². The van der Waals surface area contributed by atoms with Crippen LogP contribution in [0.15, 0.2) is 9.59 Å². The molecule has 0 radical (unpaired) electrons. The van der Waals surface area contributed by atoms with Gasteiger partial charge in [-0.05, 0) is 31.2 Å². The molecule has 3 rings (SSSR count). The Hall–Kier alpha value is -1.89. The van der Waals surface area contributed by atoms with Gasteiger partial charge >= 0.3 is 11.7 Å². The Balaban J connectivity index is 2.25. The van der Waals surface area contributed by atoms with Crippen LogP contribution in [0.4, 0.5) is 0 Å². The number of H-pyrrole nitrogens is 1. The van der Waals surface area contributed by atoms with Gasteiger partial charge in [0.25, 0.3) is 5.56 Å². The Kier molecular flexibility index (Phi) is 3.21. The van der Waals surface area contributed by atoms with Crippen LogP contribution in [0.25, 0.3) is 10.2 Å². The molecule has 0 aromatic carbocycles. The summed E-state index contributed by atoms with van der Waals surface area (Å²) >= 11 is 1.48. The number of carbonyl (C=O) groups excluding carboxylic acids is 1. The lowest BCUT2D eigenvalue weighted by Crippen LogP contribution is -2.37. The van der Waals surface area contributed by atoms with E-state index in [-0.39, 0.29) is 6.54 Å². The predicted octanol–water partition coefficient (Wildman–Crippen LogP) is 0.803. The first-order valence-electron chi connectivity index (χ1n) is 6.46. The van der Waals surface area contributed by atoms with E-state index in [1.807, 2.05) is 0 Å². The van der Waals surface area contributed by atoms with E-state index in [9.17, 15) is 14.4 Å². The highest BCUT2D eigenvalue weighted by Crippen LogP contribution is 2.32. The quantitative estimate of drug-likeness (QED) is 0.831. The number of aromatic nitrogens is 2. The molecule has 106 valence electrons. The molecular formula is C13H14N2O4S. The number of aryl methyl sites for hydroxylation is 2. The number of fused-ring (bicyclic) bond motifs is 3. The first-order valence-corrected chi connectivity index (χ1v) is 7.27. The van der Waals surface area contributed by atoms with Crippen LogP contribution in [0.5, 0.6) is 0 Å². The van der Waals surface area contributed by atoms with Crippen LogP contribution in [0, 0.1) is 0 Å². The van der Waals surface area contributed by atoms with Gasteiger partial charge in [-0.3, -0.25) is 14.6 Å². The first kappa shape index (κ1) is 13.1. The minimum atomic E-state index is -0.610. The van der Waals surface area contributed by atoms with Crippen molar-refractivity contribution in [2.45, 2.75) is 32.2 Å². The number of esters is 1. The van der Waals surface area contributed by atoms with Crippen molar-refractivity contribution in [1.82, 2.24) is 9.55 Å². The zero-order valence-corrected chi connectivity index (χ0v) is 11.8. The van der Waals surface area contributed by atoms with Gasteiger partial charge in [-0.15, -0.1) is 11.3 Å². The summed E-state index contributed by atoms with van der Waals surface area (Å²) in [4.78, 5) is 40.2. The lowest BCUT2D eigenvalue weighted by atomic mass is 9.97. The number of hydrogen-bond donors (Lipinski definition) is 1. The summed E-state index contributed by atoms with van der Waals surface area (Å²) in [6, 6.07) is 0. The van der Waals surface area contributed by atoms with Gasteiger partial charge in [0.05, 0.1) is 12.5 Å². The van der Waals surface area contributed by atoms with Crippen LogP contribution >= 0.6 is 11.3 Å². The van der Waals surface area contributed by atoms with E-state index in [0.717, 1.165) is 35.8 Å². The smallest absolute Gasteiger partial charge is 0.329 e. The SMILES string of the molecule is COC(=O)Cn1c(=O)[nH]c2sc3c(c2c1=O)CCCC3. The van der Waals surface area contributed by atoms with Crippen LogP contribution in [-0.4, -0.2) is 22.6 Å². The Labute approximate surface area is 118 Å². The van der Waals surface area contributed by atoms with Crippen molar-refractivity contribution in [3.8, 4) is 0 Å². The fourth-order valence-corrected chi connectivity index (χ4v) is 3.88. The summed E-state index contributed by atoms with van der Waals surface area (Å²) in [5, 5.41) is 0.563. The predicted molar refractivity (Wildman–Crippen MR) is 75.4 cm³/mol. The number of nitrogens with zero attached hydrogens (tertiary/aromatic N) is 1. The number of rotatable bonds is 2. The molecule has 1 aliphatic carbocycles. The van der Waals surface area contributed by atoms with Crippen molar-refractivity contribution < 1.29 is 9.53 Å². The van der Waals surface area contributed by atoms with Crippen molar-refractivity contribution >= 4 is 27.5 Å². The zero-order chi connectivity index (χ0) is 14.3.